The molecule has 0 aliphatic heterocycles. The zero-order chi connectivity index (χ0) is 59.1. The number of nitrogens with zero attached hydrogens (tertiary/aromatic N) is 1. The first-order valence-electron chi connectivity index (χ1n) is 33.4. The molecule has 0 rings (SSSR count). The van der Waals surface area contributed by atoms with Crippen molar-refractivity contribution in [1.82, 2.24) is 0 Å². The smallest absolute Gasteiger partial charge is 0.306 e. The quantitative estimate of drug-likeness (QED) is 0.0195. The van der Waals surface area contributed by atoms with Crippen molar-refractivity contribution in [3.8, 4) is 0 Å². The molecule has 0 saturated heterocycles. The van der Waals surface area contributed by atoms with Crippen LogP contribution in [0.15, 0.2) is 97.2 Å². The molecule has 10 heteroatoms. The van der Waals surface area contributed by atoms with E-state index >= 15 is 0 Å². The number of carbonyl (C=O) groups excluding carboxylic acids is 2. The van der Waals surface area contributed by atoms with Crippen molar-refractivity contribution < 1.29 is 42.1 Å². The molecule has 0 amide bonds. The average Bonchev–Trinajstić information content (AvgIpc) is 3.43. The van der Waals surface area contributed by atoms with Gasteiger partial charge in [-0.15, -0.1) is 0 Å². The highest BCUT2D eigenvalue weighted by atomic mass is 31.2. The Hall–Kier alpha value is -3.07. The zero-order valence-electron chi connectivity index (χ0n) is 53.2. The standard InChI is InChI=1S/C71H126NO8P/c1-6-8-10-12-14-16-18-20-22-24-26-28-29-30-31-32-33-34-35-36-37-38-39-40-41-42-43-44-46-48-50-52-54-56-58-60-62-64-71(74)80-69(68-79-81(75,76)78-66-65-72(3,4)5)67-77-70(73)63-61-59-57-55-53-51-49-47-45-27-25-23-21-19-17-15-13-11-9-7-2/h8,10,14,16,20,22,26,28,30-31,33-34,36-37,39-40,69H,6-7,9,11-13,15,17-19,21,23-25,27,29,32,35,38,41-68H2,1-5H3/b10-8-,16-14-,22-20-,28-26-,31-30-,34-33-,37-36-,40-39-. The average molecular weight is 1150 g/mol. The van der Waals surface area contributed by atoms with Gasteiger partial charge in [0.25, 0.3) is 7.82 Å². The van der Waals surface area contributed by atoms with Crippen LogP contribution in [-0.4, -0.2) is 70.0 Å². The lowest BCUT2D eigenvalue weighted by Gasteiger charge is -2.28. The minimum absolute atomic E-state index is 0.0327. The molecule has 2 unspecified atom stereocenters. The minimum Gasteiger partial charge on any atom is -0.756 e. The molecule has 468 valence electrons. The number of hydrogen-bond acceptors (Lipinski definition) is 8. The molecule has 0 aliphatic rings. The SMILES string of the molecule is CC/C=C\C/C=C\C/C=C\C/C=C\C/C=C\C/C=C\C/C=C\C/C=C\CCCCCCCCCCCCCCC(=O)OC(COC(=O)CCCCCCCCCCCCCCCCCCCCCC)COP(=O)([O-])OCC[N+](C)(C)C. The number of quaternary nitrogens is 1. The Morgan fingerprint density at radius 2 is 0.704 bits per heavy atom. The van der Waals surface area contributed by atoms with Gasteiger partial charge in [0.15, 0.2) is 6.10 Å². The van der Waals surface area contributed by atoms with Gasteiger partial charge in [-0.05, 0) is 77.0 Å². The van der Waals surface area contributed by atoms with Crippen molar-refractivity contribution >= 4 is 19.8 Å². The molecule has 0 aromatic rings. The van der Waals surface area contributed by atoms with Gasteiger partial charge in [0, 0.05) is 12.8 Å². The van der Waals surface area contributed by atoms with E-state index in [-0.39, 0.29) is 32.0 Å². The van der Waals surface area contributed by atoms with Crippen molar-refractivity contribution in [2.24, 2.45) is 0 Å². The third-order valence-electron chi connectivity index (χ3n) is 14.4. The Labute approximate surface area is 500 Å². The second-order valence-corrected chi connectivity index (χ2v) is 24.9. The van der Waals surface area contributed by atoms with E-state index in [1.54, 1.807) is 0 Å². The Bertz CT molecular complexity index is 1690. The molecule has 2 atom stereocenters. The number of unbranched alkanes of at least 4 members (excludes halogenated alkanes) is 31. The molecular weight excluding hydrogens is 1030 g/mol. The van der Waals surface area contributed by atoms with Crippen LogP contribution in [0.4, 0.5) is 0 Å². The fourth-order valence-corrected chi connectivity index (χ4v) is 9.99. The first-order chi connectivity index (χ1) is 39.5. The number of hydrogen-bond donors (Lipinski definition) is 0. The van der Waals surface area contributed by atoms with Gasteiger partial charge >= 0.3 is 11.9 Å². The lowest BCUT2D eigenvalue weighted by Crippen LogP contribution is -2.37. The molecule has 0 spiro atoms. The highest BCUT2D eigenvalue weighted by molar-refractivity contribution is 7.45. The number of allylic oxidation sites excluding steroid dienone is 16. The third-order valence-corrected chi connectivity index (χ3v) is 15.3. The molecule has 0 heterocycles. The van der Waals surface area contributed by atoms with E-state index in [0.29, 0.717) is 17.4 Å². The molecule has 0 aromatic carbocycles. The van der Waals surface area contributed by atoms with E-state index in [1.165, 1.54) is 167 Å². The summed E-state index contributed by atoms with van der Waals surface area (Å²) < 4.78 is 34.3. The van der Waals surface area contributed by atoms with Crippen LogP contribution in [-0.2, 0) is 32.7 Å². The summed E-state index contributed by atoms with van der Waals surface area (Å²) in [5, 5.41) is 0. The predicted octanol–water partition coefficient (Wildman–Crippen LogP) is 20.9. The monoisotopic (exact) mass is 1150 g/mol. The molecule has 0 bridgehead atoms. The predicted molar refractivity (Wildman–Crippen MR) is 346 cm³/mol. The number of ether oxygens (including phenoxy) is 2. The maximum atomic E-state index is 12.8. The van der Waals surface area contributed by atoms with E-state index in [4.69, 9.17) is 18.5 Å². The van der Waals surface area contributed by atoms with Crippen molar-refractivity contribution in [3.63, 3.8) is 0 Å². The van der Waals surface area contributed by atoms with Crippen LogP contribution in [0, 0.1) is 0 Å². The number of carbonyl (C=O) groups is 2. The first-order valence-corrected chi connectivity index (χ1v) is 34.9. The Balaban J connectivity index is 4.07. The molecule has 81 heavy (non-hydrogen) atoms. The summed E-state index contributed by atoms with van der Waals surface area (Å²) in [6.45, 7) is 4.16. The third kappa shape index (κ3) is 65.9. The van der Waals surface area contributed by atoms with Gasteiger partial charge in [0.1, 0.15) is 19.8 Å². The number of rotatable bonds is 61. The molecular formula is C71H126NO8P. The summed E-state index contributed by atoms with van der Waals surface area (Å²) in [6.07, 6.45) is 84.7. The number of phosphoric acid groups is 1. The lowest BCUT2D eigenvalue weighted by molar-refractivity contribution is -0.870. The highest BCUT2D eigenvalue weighted by Crippen LogP contribution is 2.38. The van der Waals surface area contributed by atoms with Crippen LogP contribution < -0.4 is 4.89 Å². The summed E-state index contributed by atoms with van der Waals surface area (Å²) in [7, 11) is 1.17. The molecule has 0 N–H and O–H groups in total. The second-order valence-electron chi connectivity index (χ2n) is 23.5. The van der Waals surface area contributed by atoms with Crippen LogP contribution in [0.2, 0.25) is 0 Å². The number of likely N-dealkylation sites (N-methyl/N-ethyl adjacent to an activating group) is 1. The topological polar surface area (TPSA) is 111 Å². The van der Waals surface area contributed by atoms with Gasteiger partial charge in [0.2, 0.25) is 0 Å². The number of phosphoric ester groups is 1. The van der Waals surface area contributed by atoms with E-state index in [1.807, 2.05) is 21.1 Å². The van der Waals surface area contributed by atoms with E-state index in [0.717, 1.165) is 89.9 Å². The molecule has 0 fully saturated rings. The van der Waals surface area contributed by atoms with Gasteiger partial charge in [0.05, 0.1) is 27.7 Å². The van der Waals surface area contributed by atoms with Gasteiger partial charge in [-0.3, -0.25) is 14.2 Å². The van der Waals surface area contributed by atoms with Crippen LogP contribution in [0.1, 0.15) is 290 Å². The molecule has 0 radical (unpaired) electrons. The maximum absolute atomic E-state index is 12.8. The van der Waals surface area contributed by atoms with Crippen LogP contribution >= 0.6 is 7.82 Å². The zero-order valence-corrected chi connectivity index (χ0v) is 54.1. The molecule has 0 saturated carbocycles. The molecule has 0 aromatic heterocycles. The van der Waals surface area contributed by atoms with Gasteiger partial charge < -0.3 is 27.9 Å². The highest BCUT2D eigenvalue weighted by Gasteiger charge is 2.22. The van der Waals surface area contributed by atoms with E-state index in [2.05, 4.69) is 111 Å². The minimum atomic E-state index is -4.64. The van der Waals surface area contributed by atoms with Crippen molar-refractivity contribution in [2.75, 3.05) is 47.5 Å². The van der Waals surface area contributed by atoms with E-state index in [9.17, 15) is 19.0 Å². The second kappa shape index (κ2) is 61.5. The molecule has 0 aliphatic carbocycles. The van der Waals surface area contributed by atoms with Gasteiger partial charge in [-0.25, -0.2) is 0 Å². The van der Waals surface area contributed by atoms with Crippen molar-refractivity contribution in [1.29, 1.82) is 0 Å². The number of esters is 2. The first kappa shape index (κ1) is 77.9. The summed E-state index contributed by atoms with van der Waals surface area (Å²) in [5.74, 6) is -0.827. The summed E-state index contributed by atoms with van der Waals surface area (Å²) in [6, 6.07) is 0. The van der Waals surface area contributed by atoms with E-state index < -0.39 is 26.5 Å². The largest absolute Gasteiger partial charge is 0.756 e. The van der Waals surface area contributed by atoms with Crippen molar-refractivity contribution in [2.45, 2.75) is 296 Å². The molecule has 9 nitrogen and oxygen atoms in total. The van der Waals surface area contributed by atoms with Crippen molar-refractivity contribution in [3.05, 3.63) is 97.2 Å². The fraction of sp³-hybridized carbons (Fsp3) is 0.746. The normalized spacial score (nSPS) is 13.8. The maximum Gasteiger partial charge on any atom is 0.306 e. The van der Waals surface area contributed by atoms with Crippen LogP contribution in [0.25, 0.3) is 0 Å². The summed E-state index contributed by atoms with van der Waals surface area (Å²) in [5.41, 5.74) is 0. The summed E-state index contributed by atoms with van der Waals surface area (Å²) >= 11 is 0. The summed E-state index contributed by atoms with van der Waals surface area (Å²) in [4.78, 5) is 38.0. The fourth-order valence-electron chi connectivity index (χ4n) is 9.26. The Morgan fingerprint density at radius 1 is 0.395 bits per heavy atom. The van der Waals surface area contributed by atoms with Crippen LogP contribution in [0.3, 0.4) is 0 Å². The van der Waals surface area contributed by atoms with Gasteiger partial charge in [-0.1, -0.05) is 297 Å². The Morgan fingerprint density at radius 3 is 1.05 bits per heavy atom. The lowest BCUT2D eigenvalue weighted by atomic mass is 10.0. The van der Waals surface area contributed by atoms with Gasteiger partial charge in [-0.2, -0.15) is 0 Å². The van der Waals surface area contributed by atoms with Crippen LogP contribution in [0.5, 0.6) is 0 Å². The Kier molecular flexibility index (Phi) is 59.2.